The van der Waals surface area contributed by atoms with Crippen LogP contribution in [0, 0.1) is 5.92 Å². The molecule has 0 aliphatic heterocycles. The first-order chi connectivity index (χ1) is 10.4. The molecule has 2 aromatic carbocycles. The number of benzene rings is 2. The molecule has 0 radical (unpaired) electrons. The minimum Gasteiger partial charge on any atom is -0.330 e. The van der Waals surface area contributed by atoms with Crippen LogP contribution in [-0.2, 0) is 11.5 Å². The van der Waals surface area contributed by atoms with Crippen LogP contribution in [0.15, 0.2) is 60.7 Å². The van der Waals surface area contributed by atoms with Gasteiger partial charge < -0.3 is 5.73 Å². The molecule has 0 aromatic heterocycles. The summed E-state index contributed by atoms with van der Waals surface area (Å²) in [5, 5.41) is 0. The van der Waals surface area contributed by atoms with Crippen LogP contribution in [0.1, 0.15) is 11.1 Å². The highest BCUT2D eigenvalue weighted by atomic mass is 32.2. The van der Waals surface area contributed by atoms with E-state index in [1.54, 1.807) is 0 Å². The molecule has 0 bridgehead atoms. The van der Waals surface area contributed by atoms with Crippen LogP contribution in [0.2, 0.25) is 0 Å². The Morgan fingerprint density at radius 1 is 0.714 bits per heavy atom. The molecule has 0 aliphatic carbocycles. The van der Waals surface area contributed by atoms with E-state index in [2.05, 4.69) is 60.7 Å². The zero-order chi connectivity index (χ0) is 14.8. The predicted octanol–water partition coefficient (Wildman–Crippen LogP) is 4.43. The second kappa shape index (κ2) is 9.93. The van der Waals surface area contributed by atoms with Crippen LogP contribution >= 0.6 is 23.5 Å². The molecule has 2 aromatic rings. The van der Waals surface area contributed by atoms with E-state index in [-0.39, 0.29) is 0 Å². The maximum Gasteiger partial charge on any atom is 0.0184 e. The Morgan fingerprint density at radius 3 is 1.52 bits per heavy atom. The first-order valence-corrected chi connectivity index (χ1v) is 9.63. The van der Waals surface area contributed by atoms with Crippen molar-refractivity contribution in [2.24, 2.45) is 11.7 Å². The lowest BCUT2D eigenvalue weighted by Gasteiger charge is -2.14. The van der Waals surface area contributed by atoms with Crippen molar-refractivity contribution in [3.05, 3.63) is 71.8 Å². The van der Waals surface area contributed by atoms with Crippen LogP contribution in [0.25, 0.3) is 0 Å². The molecule has 0 spiro atoms. The Bertz CT molecular complexity index is 442. The Hall–Kier alpha value is -0.900. The molecule has 1 nitrogen and oxygen atoms in total. The molecule has 0 unspecified atom stereocenters. The second-order valence-electron chi connectivity index (χ2n) is 5.10. The molecule has 2 rings (SSSR count). The van der Waals surface area contributed by atoms with Crippen molar-refractivity contribution in [2.75, 3.05) is 18.1 Å². The fourth-order valence-electron chi connectivity index (χ4n) is 2.02. The average Bonchev–Trinajstić information content (AvgIpc) is 2.55. The lowest BCUT2D eigenvalue weighted by atomic mass is 10.2. The largest absolute Gasteiger partial charge is 0.330 e. The zero-order valence-corrected chi connectivity index (χ0v) is 13.9. The van der Waals surface area contributed by atoms with E-state index in [4.69, 9.17) is 5.73 Å². The van der Waals surface area contributed by atoms with Gasteiger partial charge >= 0.3 is 0 Å². The topological polar surface area (TPSA) is 26.0 Å². The summed E-state index contributed by atoms with van der Waals surface area (Å²) in [5.41, 5.74) is 8.70. The van der Waals surface area contributed by atoms with Gasteiger partial charge in [0.15, 0.2) is 0 Å². The van der Waals surface area contributed by atoms with Crippen LogP contribution in [0.5, 0.6) is 0 Å². The Balaban J connectivity index is 1.64. The van der Waals surface area contributed by atoms with Crippen LogP contribution in [-0.4, -0.2) is 18.1 Å². The van der Waals surface area contributed by atoms with Crippen molar-refractivity contribution in [3.8, 4) is 0 Å². The minimum absolute atomic E-state index is 0.604. The molecule has 2 N–H and O–H groups in total. The monoisotopic (exact) mass is 317 g/mol. The van der Waals surface area contributed by atoms with E-state index in [1.165, 1.54) is 11.1 Å². The minimum atomic E-state index is 0.604. The van der Waals surface area contributed by atoms with E-state index in [1.807, 2.05) is 23.5 Å². The standard InChI is InChI=1S/C18H23NS2/c19-11-18(14-20-12-16-7-3-1-4-8-16)15-21-13-17-9-5-2-6-10-17/h1-10,18H,11-15,19H2. The second-order valence-corrected chi connectivity index (χ2v) is 7.16. The van der Waals surface area contributed by atoms with Crippen molar-refractivity contribution in [1.29, 1.82) is 0 Å². The third kappa shape index (κ3) is 6.60. The summed E-state index contributed by atoms with van der Waals surface area (Å²) >= 11 is 3.98. The van der Waals surface area contributed by atoms with Crippen LogP contribution in [0.3, 0.4) is 0 Å². The number of hydrogen-bond donors (Lipinski definition) is 1. The fourth-order valence-corrected chi connectivity index (χ4v) is 4.44. The summed E-state index contributed by atoms with van der Waals surface area (Å²) < 4.78 is 0. The van der Waals surface area contributed by atoms with Crippen LogP contribution < -0.4 is 5.73 Å². The lowest BCUT2D eigenvalue weighted by Crippen LogP contribution is -2.19. The van der Waals surface area contributed by atoms with Gasteiger partial charge in [-0.3, -0.25) is 0 Å². The Kier molecular flexibility index (Phi) is 7.79. The van der Waals surface area contributed by atoms with Crippen molar-refractivity contribution in [2.45, 2.75) is 11.5 Å². The van der Waals surface area contributed by atoms with Gasteiger partial charge in [0.2, 0.25) is 0 Å². The van der Waals surface area contributed by atoms with Gasteiger partial charge in [-0.15, -0.1) is 0 Å². The SMILES string of the molecule is NCC(CSCc1ccccc1)CSCc1ccccc1. The molecule has 0 aliphatic rings. The Labute approximate surface area is 136 Å². The molecule has 0 amide bonds. The maximum absolute atomic E-state index is 5.91. The Morgan fingerprint density at radius 2 is 1.14 bits per heavy atom. The van der Waals surface area contributed by atoms with Gasteiger partial charge in [0.05, 0.1) is 0 Å². The molecule has 0 saturated carbocycles. The van der Waals surface area contributed by atoms with Gasteiger partial charge in [-0.1, -0.05) is 60.7 Å². The van der Waals surface area contributed by atoms with Crippen LogP contribution in [0.4, 0.5) is 0 Å². The average molecular weight is 318 g/mol. The van der Waals surface area contributed by atoms with Gasteiger partial charge in [0.1, 0.15) is 0 Å². The third-order valence-corrected chi connectivity index (χ3v) is 5.75. The first kappa shape index (κ1) is 16.5. The van der Waals surface area contributed by atoms with Crippen molar-refractivity contribution in [1.82, 2.24) is 0 Å². The van der Waals surface area contributed by atoms with E-state index < -0.39 is 0 Å². The molecule has 0 atom stereocenters. The summed E-state index contributed by atoms with van der Waals surface area (Å²) in [5.74, 6) is 5.06. The van der Waals surface area contributed by atoms with E-state index in [9.17, 15) is 0 Å². The normalized spacial score (nSPS) is 11.0. The van der Waals surface area contributed by atoms with Gasteiger partial charge in [0.25, 0.3) is 0 Å². The van der Waals surface area contributed by atoms with Gasteiger partial charge in [-0.05, 0) is 35.1 Å². The van der Waals surface area contributed by atoms with Crippen molar-refractivity contribution >= 4 is 23.5 Å². The molecule has 112 valence electrons. The maximum atomic E-state index is 5.91. The van der Waals surface area contributed by atoms with E-state index in [0.29, 0.717) is 5.92 Å². The lowest BCUT2D eigenvalue weighted by molar-refractivity contribution is 0.686. The quantitative estimate of drug-likeness (QED) is 0.741. The molecule has 21 heavy (non-hydrogen) atoms. The van der Waals surface area contributed by atoms with Gasteiger partial charge in [0, 0.05) is 11.5 Å². The summed E-state index contributed by atoms with van der Waals surface area (Å²) in [4.78, 5) is 0. The summed E-state index contributed by atoms with van der Waals surface area (Å²) in [6.07, 6.45) is 0. The van der Waals surface area contributed by atoms with E-state index in [0.717, 1.165) is 29.6 Å². The number of hydrogen-bond acceptors (Lipinski definition) is 3. The molecule has 0 fully saturated rings. The molecular formula is C18H23NS2. The zero-order valence-electron chi connectivity index (χ0n) is 12.3. The highest BCUT2D eigenvalue weighted by molar-refractivity contribution is 7.99. The fraction of sp³-hybridized carbons (Fsp3) is 0.333. The number of nitrogens with two attached hydrogens (primary N) is 1. The highest BCUT2D eigenvalue weighted by Crippen LogP contribution is 2.20. The highest BCUT2D eigenvalue weighted by Gasteiger charge is 2.07. The van der Waals surface area contributed by atoms with Gasteiger partial charge in [-0.2, -0.15) is 23.5 Å². The molecular weight excluding hydrogens is 294 g/mol. The summed E-state index contributed by atoms with van der Waals surface area (Å²) in [6.45, 7) is 0.781. The molecule has 0 heterocycles. The summed E-state index contributed by atoms with van der Waals surface area (Å²) in [6, 6.07) is 21.3. The third-order valence-electron chi connectivity index (χ3n) is 3.26. The molecule has 3 heteroatoms. The number of rotatable bonds is 9. The van der Waals surface area contributed by atoms with Gasteiger partial charge in [-0.25, -0.2) is 0 Å². The van der Waals surface area contributed by atoms with Crippen molar-refractivity contribution < 1.29 is 0 Å². The molecule has 0 saturated heterocycles. The van der Waals surface area contributed by atoms with Crippen molar-refractivity contribution in [3.63, 3.8) is 0 Å². The first-order valence-electron chi connectivity index (χ1n) is 7.32. The van der Waals surface area contributed by atoms with E-state index >= 15 is 0 Å². The number of thioether (sulfide) groups is 2. The summed E-state index contributed by atoms with van der Waals surface area (Å²) in [7, 11) is 0. The smallest absolute Gasteiger partial charge is 0.0184 e. The predicted molar refractivity (Wildman–Crippen MR) is 97.8 cm³/mol.